The summed E-state index contributed by atoms with van der Waals surface area (Å²) >= 11 is 2.36. The van der Waals surface area contributed by atoms with Crippen molar-refractivity contribution in [2.75, 3.05) is 19.6 Å². The van der Waals surface area contributed by atoms with Crippen LogP contribution in [0.3, 0.4) is 0 Å². The number of rotatable bonds is 3. The molecule has 1 N–H and O–H groups in total. The molecular weight excluding hydrogens is 323 g/mol. The van der Waals surface area contributed by atoms with Crippen LogP contribution in [0.2, 0.25) is 0 Å². The van der Waals surface area contributed by atoms with Crippen molar-refractivity contribution < 1.29 is 0 Å². The molecule has 1 saturated carbocycles. The molecule has 0 bridgehead atoms. The van der Waals surface area contributed by atoms with Gasteiger partial charge in [0.25, 0.3) is 0 Å². The van der Waals surface area contributed by atoms with Crippen LogP contribution in [0.5, 0.6) is 0 Å². The number of nitrogens with zero attached hydrogens (tertiary/aromatic N) is 1. The fourth-order valence-corrected chi connectivity index (χ4v) is 3.01. The van der Waals surface area contributed by atoms with E-state index in [0.717, 1.165) is 25.0 Å². The number of benzene rings is 1. The Morgan fingerprint density at radius 1 is 1.24 bits per heavy atom. The average molecular weight is 342 g/mol. The molecule has 1 unspecified atom stereocenters. The zero-order valence-electron chi connectivity index (χ0n) is 10.0. The molecule has 2 nitrogen and oxygen atoms in total. The topological polar surface area (TPSA) is 15.3 Å². The molecule has 92 valence electrons. The minimum absolute atomic E-state index is 0.757. The van der Waals surface area contributed by atoms with E-state index >= 15 is 0 Å². The smallest absolute Gasteiger partial charge is 0.0234 e. The van der Waals surface area contributed by atoms with Gasteiger partial charge in [-0.25, -0.2) is 0 Å². The first-order chi connectivity index (χ1) is 8.31. The number of halogens is 1. The summed E-state index contributed by atoms with van der Waals surface area (Å²) in [7, 11) is 0. The van der Waals surface area contributed by atoms with Gasteiger partial charge in [0.1, 0.15) is 0 Å². The quantitative estimate of drug-likeness (QED) is 0.849. The zero-order valence-corrected chi connectivity index (χ0v) is 12.2. The zero-order chi connectivity index (χ0) is 11.7. The summed E-state index contributed by atoms with van der Waals surface area (Å²) < 4.78 is 1.32. The summed E-state index contributed by atoms with van der Waals surface area (Å²) in [5.74, 6) is 0.967. The van der Waals surface area contributed by atoms with Crippen molar-refractivity contribution in [3.8, 4) is 0 Å². The van der Waals surface area contributed by atoms with E-state index in [0.29, 0.717) is 0 Å². The highest BCUT2D eigenvalue weighted by Crippen LogP contribution is 2.33. The van der Waals surface area contributed by atoms with E-state index in [4.69, 9.17) is 0 Å². The molecule has 3 rings (SSSR count). The lowest BCUT2D eigenvalue weighted by atomic mass is 10.1. The summed E-state index contributed by atoms with van der Waals surface area (Å²) in [6, 6.07) is 9.69. The summed E-state index contributed by atoms with van der Waals surface area (Å²) in [5, 5.41) is 3.66. The molecule has 0 spiro atoms. The van der Waals surface area contributed by atoms with Crippen molar-refractivity contribution in [1.29, 1.82) is 0 Å². The molecule has 1 aliphatic carbocycles. The fraction of sp³-hybridized carbons (Fsp3) is 0.571. The second kappa shape index (κ2) is 5.24. The first-order valence-corrected chi connectivity index (χ1v) is 7.59. The Morgan fingerprint density at radius 2 is 2.00 bits per heavy atom. The molecule has 1 aromatic rings. The first-order valence-electron chi connectivity index (χ1n) is 6.51. The second-order valence-electron chi connectivity index (χ2n) is 5.26. The van der Waals surface area contributed by atoms with Gasteiger partial charge in [-0.3, -0.25) is 4.90 Å². The van der Waals surface area contributed by atoms with E-state index in [9.17, 15) is 0 Å². The number of nitrogens with one attached hydrogen (secondary N) is 1. The number of piperazine rings is 1. The fourth-order valence-electron chi connectivity index (χ4n) is 2.65. The van der Waals surface area contributed by atoms with Crippen molar-refractivity contribution in [3.63, 3.8) is 0 Å². The van der Waals surface area contributed by atoms with Crippen LogP contribution in [0.15, 0.2) is 24.3 Å². The maximum absolute atomic E-state index is 3.66. The molecule has 17 heavy (non-hydrogen) atoms. The molecule has 2 fully saturated rings. The van der Waals surface area contributed by atoms with Crippen LogP contribution in [-0.2, 0) is 6.54 Å². The van der Waals surface area contributed by atoms with E-state index in [1.165, 1.54) is 35.1 Å². The van der Waals surface area contributed by atoms with Gasteiger partial charge in [0, 0.05) is 35.8 Å². The van der Waals surface area contributed by atoms with Gasteiger partial charge >= 0.3 is 0 Å². The molecule has 1 aromatic carbocycles. The lowest BCUT2D eigenvalue weighted by Gasteiger charge is -2.33. The molecule has 3 heteroatoms. The third kappa shape index (κ3) is 3.20. The molecule has 1 atom stereocenters. The second-order valence-corrected chi connectivity index (χ2v) is 6.51. The maximum atomic E-state index is 3.66. The lowest BCUT2D eigenvalue weighted by molar-refractivity contribution is 0.181. The Morgan fingerprint density at radius 3 is 2.71 bits per heavy atom. The molecule has 0 aromatic heterocycles. The molecule has 1 saturated heterocycles. The van der Waals surface area contributed by atoms with E-state index in [-0.39, 0.29) is 0 Å². The summed E-state index contributed by atoms with van der Waals surface area (Å²) in [6.07, 6.45) is 2.88. The standard InChI is InChI=1S/C14H19IN2/c15-13-5-1-11(2-6-13)9-17-8-7-16-14(10-17)12-3-4-12/h1-2,5-6,12,14,16H,3-4,7-10H2. The molecule has 1 heterocycles. The monoisotopic (exact) mass is 342 g/mol. The highest BCUT2D eigenvalue weighted by molar-refractivity contribution is 14.1. The third-order valence-electron chi connectivity index (χ3n) is 3.80. The van der Waals surface area contributed by atoms with E-state index in [1.54, 1.807) is 0 Å². The van der Waals surface area contributed by atoms with E-state index in [1.807, 2.05) is 0 Å². The van der Waals surface area contributed by atoms with Crippen LogP contribution in [0, 0.1) is 9.49 Å². The van der Waals surface area contributed by atoms with Gasteiger partial charge in [0.15, 0.2) is 0 Å². The molecule has 0 amide bonds. The molecular formula is C14H19IN2. The van der Waals surface area contributed by atoms with Gasteiger partial charge in [0.05, 0.1) is 0 Å². The van der Waals surface area contributed by atoms with Crippen LogP contribution in [-0.4, -0.2) is 30.6 Å². The Bertz CT molecular complexity index is 372. The summed E-state index contributed by atoms with van der Waals surface area (Å²) in [4.78, 5) is 2.60. The summed E-state index contributed by atoms with van der Waals surface area (Å²) in [5.41, 5.74) is 1.45. The normalized spacial score (nSPS) is 26.1. The van der Waals surface area contributed by atoms with E-state index in [2.05, 4.69) is 57.1 Å². The Kier molecular flexibility index (Phi) is 3.68. The van der Waals surface area contributed by atoms with Crippen LogP contribution in [0.4, 0.5) is 0 Å². The molecule has 1 aliphatic heterocycles. The van der Waals surface area contributed by atoms with Gasteiger partial charge in [-0.05, 0) is 59.0 Å². The van der Waals surface area contributed by atoms with Crippen molar-refractivity contribution in [2.24, 2.45) is 5.92 Å². The van der Waals surface area contributed by atoms with Crippen LogP contribution < -0.4 is 5.32 Å². The predicted octanol–water partition coefficient (Wildman–Crippen LogP) is 2.48. The van der Waals surface area contributed by atoms with Crippen molar-refractivity contribution in [2.45, 2.75) is 25.4 Å². The average Bonchev–Trinajstić information content (AvgIpc) is 3.17. The summed E-state index contributed by atoms with van der Waals surface area (Å²) in [6.45, 7) is 4.69. The van der Waals surface area contributed by atoms with Crippen molar-refractivity contribution in [3.05, 3.63) is 33.4 Å². The van der Waals surface area contributed by atoms with Gasteiger partial charge < -0.3 is 5.32 Å². The SMILES string of the molecule is Ic1ccc(CN2CCNC(C3CC3)C2)cc1. The Balaban J connectivity index is 1.58. The first kappa shape index (κ1) is 11.9. The maximum Gasteiger partial charge on any atom is 0.0234 e. The minimum Gasteiger partial charge on any atom is -0.311 e. The van der Waals surface area contributed by atoms with Crippen LogP contribution in [0.25, 0.3) is 0 Å². The van der Waals surface area contributed by atoms with Crippen molar-refractivity contribution in [1.82, 2.24) is 10.2 Å². The molecule has 0 radical (unpaired) electrons. The van der Waals surface area contributed by atoms with Gasteiger partial charge in [-0.2, -0.15) is 0 Å². The third-order valence-corrected chi connectivity index (χ3v) is 4.52. The highest BCUT2D eigenvalue weighted by Gasteiger charge is 2.33. The number of hydrogen-bond acceptors (Lipinski definition) is 2. The number of hydrogen-bond donors (Lipinski definition) is 1. The van der Waals surface area contributed by atoms with Crippen LogP contribution >= 0.6 is 22.6 Å². The lowest BCUT2D eigenvalue weighted by Crippen LogP contribution is -2.51. The van der Waals surface area contributed by atoms with Gasteiger partial charge in [-0.1, -0.05) is 12.1 Å². The van der Waals surface area contributed by atoms with Crippen molar-refractivity contribution >= 4 is 22.6 Å². The highest BCUT2D eigenvalue weighted by atomic mass is 127. The largest absolute Gasteiger partial charge is 0.311 e. The van der Waals surface area contributed by atoms with E-state index < -0.39 is 0 Å². The Hall–Kier alpha value is -0.130. The Labute approximate surface area is 117 Å². The van der Waals surface area contributed by atoms with Gasteiger partial charge in [-0.15, -0.1) is 0 Å². The van der Waals surface area contributed by atoms with Crippen LogP contribution in [0.1, 0.15) is 18.4 Å². The minimum atomic E-state index is 0.757. The predicted molar refractivity (Wildman–Crippen MR) is 79.0 cm³/mol. The molecule has 2 aliphatic rings. The van der Waals surface area contributed by atoms with Gasteiger partial charge in [0.2, 0.25) is 0 Å².